The normalized spacial score (nSPS) is 10.8. The van der Waals surface area contributed by atoms with Gasteiger partial charge in [-0.15, -0.1) is 0 Å². The Kier molecular flexibility index (Phi) is 3.17. The van der Waals surface area contributed by atoms with Gasteiger partial charge in [-0.3, -0.25) is 0 Å². The van der Waals surface area contributed by atoms with Gasteiger partial charge in [-0.1, -0.05) is 30.9 Å². The molecule has 3 rings (SSSR count). The van der Waals surface area contributed by atoms with Gasteiger partial charge in [0.2, 0.25) is 0 Å². The molecule has 0 aliphatic carbocycles. The van der Waals surface area contributed by atoms with E-state index in [9.17, 15) is 0 Å². The summed E-state index contributed by atoms with van der Waals surface area (Å²) in [5.41, 5.74) is 3.03. The summed E-state index contributed by atoms with van der Waals surface area (Å²) < 4.78 is 3.08. The van der Waals surface area contributed by atoms with Crippen molar-refractivity contribution in [3.05, 3.63) is 59.7 Å². The van der Waals surface area contributed by atoms with Crippen molar-refractivity contribution in [3.8, 4) is 11.4 Å². The van der Waals surface area contributed by atoms with E-state index in [0.29, 0.717) is 0 Å². The number of hydrogen-bond donors (Lipinski definition) is 1. The van der Waals surface area contributed by atoms with Crippen molar-refractivity contribution in [2.75, 3.05) is 0 Å². The monoisotopic (exact) mass is 314 g/mol. The number of pyridine rings is 1. The standard InChI is InChI=1S/C15H12BrN3/c1-2-8-19-10-12(16)9-13-15(19)18-14(17-13)11-6-4-3-5-7-11/h2-7,9-10H,1,8H2/p+1. The lowest BCUT2D eigenvalue weighted by atomic mass is 10.2. The average Bonchev–Trinajstić information content (AvgIpc) is 2.84. The number of benzene rings is 1. The number of nitrogens with one attached hydrogen (secondary N) is 1. The quantitative estimate of drug-likeness (QED) is 0.582. The SMILES string of the molecule is C=CC[n+]1cc(Br)cc2[nH]c(-c3ccccc3)nc21. The second-order valence-corrected chi connectivity index (χ2v) is 5.20. The van der Waals surface area contributed by atoms with Crippen LogP contribution < -0.4 is 4.57 Å². The second-order valence-electron chi connectivity index (χ2n) is 4.29. The fourth-order valence-corrected chi connectivity index (χ4v) is 2.57. The molecule has 0 radical (unpaired) electrons. The number of aromatic nitrogens is 3. The second kappa shape index (κ2) is 4.97. The molecule has 0 spiro atoms. The Morgan fingerprint density at radius 1 is 1.32 bits per heavy atom. The third-order valence-corrected chi connectivity index (χ3v) is 3.35. The summed E-state index contributed by atoms with van der Waals surface area (Å²) in [6.45, 7) is 4.51. The molecule has 0 saturated heterocycles. The minimum Gasteiger partial charge on any atom is -0.312 e. The first-order valence-electron chi connectivity index (χ1n) is 6.03. The molecule has 94 valence electrons. The van der Waals surface area contributed by atoms with Crippen LogP contribution in [0.15, 0.2) is 59.7 Å². The number of hydrogen-bond acceptors (Lipinski definition) is 1. The van der Waals surface area contributed by atoms with E-state index in [2.05, 4.69) is 37.0 Å². The maximum atomic E-state index is 4.68. The summed E-state index contributed by atoms with van der Waals surface area (Å²) in [5, 5.41) is 0. The van der Waals surface area contributed by atoms with Gasteiger partial charge in [0.25, 0.3) is 5.82 Å². The van der Waals surface area contributed by atoms with Crippen LogP contribution in [-0.2, 0) is 6.54 Å². The lowest BCUT2D eigenvalue weighted by Crippen LogP contribution is -2.33. The maximum absolute atomic E-state index is 4.68. The van der Waals surface area contributed by atoms with E-state index < -0.39 is 0 Å². The Morgan fingerprint density at radius 3 is 2.84 bits per heavy atom. The maximum Gasteiger partial charge on any atom is 0.349 e. The van der Waals surface area contributed by atoms with Crippen molar-refractivity contribution >= 4 is 27.1 Å². The van der Waals surface area contributed by atoms with E-state index in [-0.39, 0.29) is 0 Å². The minimum absolute atomic E-state index is 0.731. The Hall–Kier alpha value is -1.94. The molecule has 0 bridgehead atoms. The molecular formula is C15H13BrN3+. The van der Waals surface area contributed by atoms with Gasteiger partial charge in [0.15, 0.2) is 0 Å². The Morgan fingerprint density at radius 2 is 2.11 bits per heavy atom. The topological polar surface area (TPSA) is 32.6 Å². The lowest BCUT2D eigenvalue weighted by Gasteiger charge is -1.96. The van der Waals surface area contributed by atoms with E-state index in [0.717, 1.165) is 33.6 Å². The fourth-order valence-electron chi connectivity index (χ4n) is 2.09. The van der Waals surface area contributed by atoms with Crippen LogP contribution in [0.4, 0.5) is 0 Å². The Bertz CT molecular complexity index is 732. The summed E-state index contributed by atoms with van der Waals surface area (Å²) in [5.74, 6) is 0.881. The summed E-state index contributed by atoms with van der Waals surface area (Å²) >= 11 is 3.52. The van der Waals surface area contributed by atoms with Gasteiger partial charge in [0, 0.05) is 5.56 Å². The van der Waals surface area contributed by atoms with Gasteiger partial charge < -0.3 is 4.98 Å². The highest BCUT2D eigenvalue weighted by molar-refractivity contribution is 9.10. The van der Waals surface area contributed by atoms with Gasteiger partial charge in [0.1, 0.15) is 18.3 Å². The summed E-state index contributed by atoms with van der Waals surface area (Å²) in [7, 11) is 0. The van der Waals surface area contributed by atoms with Gasteiger partial charge in [-0.05, 0) is 39.1 Å². The minimum atomic E-state index is 0.731. The Balaban J connectivity index is 2.20. The molecule has 0 unspecified atom stereocenters. The molecule has 0 aliphatic rings. The van der Waals surface area contributed by atoms with Crippen LogP contribution in [0.3, 0.4) is 0 Å². The van der Waals surface area contributed by atoms with Crippen molar-refractivity contribution in [1.29, 1.82) is 0 Å². The van der Waals surface area contributed by atoms with E-state index in [1.165, 1.54) is 0 Å². The van der Waals surface area contributed by atoms with Crippen molar-refractivity contribution in [2.45, 2.75) is 6.54 Å². The molecule has 0 amide bonds. The largest absolute Gasteiger partial charge is 0.349 e. The van der Waals surface area contributed by atoms with E-state index in [1.54, 1.807) is 0 Å². The molecular weight excluding hydrogens is 302 g/mol. The van der Waals surface area contributed by atoms with Gasteiger partial charge >= 0.3 is 5.65 Å². The molecule has 2 aromatic heterocycles. The number of halogens is 1. The molecule has 1 aromatic carbocycles. The number of imidazole rings is 1. The van der Waals surface area contributed by atoms with Crippen LogP contribution in [0.2, 0.25) is 0 Å². The summed E-state index contributed by atoms with van der Waals surface area (Å²) in [6.07, 6.45) is 3.88. The highest BCUT2D eigenvalue weighted by atomic mass is 79.9. The van der Waals surface area contributed by atoms with Gasteiger partial charge in [0.05, 0.1) is 4.47 Å². The zero-order valence-electron chi connectivity index (χ0n) is 10.3. The van der Waals surface area contributed by atoms with E-state index >= 15 is 0 Å². The highest BCUT2D eigenvalue weighted by Crippen LogP contribution is 2.20. The third-order valence-electron chi connectivity index (χ3n) is 2.92. The van der Waals surface area contributed by atoms with Crippen LogP contribution in [-0.4, -0.2) is 9.97 Å². The van der Waals surface area contributed by atoms with Crippen molar-refractivity contribution in [1.82, 2.24) is 9.97 Å². The molecule has 2 heterocycles. The molecule has 0 fully saturated rings. The Labute approximate surface area is 119 Å². The first kappa shape index (κ1) is 12.1. The van der Waals surface area contributed by atoms with Crippen LogP contribution >= 0.6 is 15.9 Å². The first-order chi connectivity index (χ1) is 9.28. The zero-order valence-corrected chi connectivity index (χ0v) is 11.9. The molecule has 3 nitrogen and oxygen atoms in total. The fraction of sp³-hybridized carbons (Fsp3) is 0.0667. The molecule has 4 heteroatoms. The van der Waals surface area contributed by atoms with Crippen LogP contribution in [0.25, 0.3) is 22.6 Å². The van der Waals surface area contributed by atoms with Crippen LogP contribution in [0.1, 0.15) is 0 Å². The summed E-state index contributed by atoms with van der Waals surface area (Å²) in [6, 6.07) is 12.1. The number of allylic oxidation sites excluding steroid dienone is 1. The first-order valence-corrected chi connectivity index (χ1v) is 6.82. The third kappa shape index (κ3) is 2.31. The molecule has 1 N–H and O–H groups in total. The predicted octanol–water partition coefficient (Wildman–Crippen LogP) is 3.47. The number of H-pyrrole nitrogens is 1. The lowest BCUT2D eigenvalue weighted by molar-refractivity contribution is -0.663. The van der Waals surface area contributed by atoms with E-state index in [4.69, 9.17) is 0 Å². The highest BCUT2D eigenvalue weighted by Gasteiger charge is 2.17. The van der Waals surface area contributed by atoms with Crippen LogP contribution in [0, 0.1) is 0 Å². The number of fused-ring (bicyclic) bond motifs is 1. The van der Waals surface area contributed by atoms with Gasteiger partial charge in [-0.25, -0.2) is 4.57 Å². The smallest absolute Gasteiger partial charge is 0.312 e. The van der Waals surface area contributed by atoms with Crippen molar-refractivity contribution < 1.29 is 4.57 Å². The number of nitrogens with zero attached hydrogens (tertiary/aromatic N) is 2. The number of aromatic amines is 1. The molecule has 19 heavy (non-hydrogen) atoms. The summed E-state index contributed by atoms with van der Waals surface area (Å²) in [4.78, 5) is 8.04. The predicted molar refractivity (Wildman–Crippen MR) is 79.6 cm³/mol. The van der Waals surface area contributed by atoms with Crippen molar-refractivity contribution in [3.63, 3.8) is 0 Å². The molecule has 0 atom stereocenters. The van der Waals surface area contributed by atoms with Gasteiger partial charge in [-0.2, -0.15) is 0 Å². The van der Waals surface area contributed by atoms with Crippen LogP contribution in [0.5, 0.6) is 0 Å². The zero-order chi connectivity index (χ0) is 13.2. The van der Waals surface area contributed by atoms with E-state index in [1.807, 2.05) is 48.7 Å². The van der Waals surface area contributed by atoms with Crippen molar-refractivity contribution in [2.24, 2.45) is 0 Å². The molecule has 0 saturated carbocycles. The molecule has 0 aliphatic heterocycles. The molecule has 3 aromatic rings. The average molecular weight is 315 g/mol. The number of rotatable bonds is 3.